The van der Waals surface area contributed by atoms with E-state index in [1.54, 1.807) is 31.7 Å². The molecule has 0 spiro atoms. The molecular weight excluding hydrogens is 602 g/mol. The second kappa shape index (κ2) is 12.9. The molecule has 3 heterocycles. The van der Waals surface area contributed by atoms with Gasteiger partial charge in [-0.2, -0.15) is 0 Å². The molecule has 46 heavy (non-hydrogen) atoms. The number of nitrogens with one attached hydrogen (secondary N) is 1. The third-order valence-electron chi connectivity index (χ3n) is 7.83. The van der Waals surface area contributed by atoms with E-state index >= 15 is 0 Å². The lowest BCUT2D eigenvalue weighted by Gasteiger charge is -2.49. The van der Waals surface area contributed by atoms with E-state index in [9.17, 15) is 19.2 Å². The highest BCUT2D eigenvalue weighted by Gasteiger charge is 2.55. The number of β-lactam (4-membered cyclic amide) rings is 1. The summed E-state index contributed by atoms with van der Waals surface area (Å²) in [4.78, 5) is 57.0. The van der Waals surface area contributed by atoms with Crippen molar-refractivity contribution >= 4 is 41.3 Å². The smallest absolute Gasteiger partial charge is 0.408 e. The first-order chi connectivity index (χ1) is 22.1. The number of carbonyl (C=O) groups excluding carboxylic acids is 4. The zero-order valence-electron chi connectivity index (χ0n) is 25.8. The van der Waals surface area contributed by atoms with Gasteiger partial charge in [0.15, 0.2) is 6.10 Å². The van der Waals surface area contributed by atoms with E-state index in [0.29, 0.717) is 29.9 Å². The van der Waals surface area contributed by atoms with Crippen molar-refractivity contribution in [2.45, 2.75) is 50.3 Å². The number of carbonyl (C=O) groups is 4. The first-order valence-electron chi connectivity index (χ1n) is 15.2. The Bertz CT molecular complexity index is 1660. The van der Waals surface area contributed by atoms with Crippen LogP contribution in [0.15, 0.2) is 114 Å². The van der Waals surface area contributed by atoms with Crippen LogP contribution in [0.5, 0.6) is 0 Å². The zero-order valence-corrected chi connectivity index (χ0v) is 26.7. The Balaban J connectivity index is 1.34. The molecule has 0 aromatic heterocycles. The number of thioether (sulfide) groups is 1. The molecule has 3 aromatic rings. The summed E-state index contributed by atoms with van der Waals surface area (Å²) in [5.41, 5.74) is 2.74. The van der Waals surface area contributed by atoms with E-state index in [-0.39, 0.29) is 11.6 Å². The van der Waals surface area contributed by atoms with E-state index in [2.05, 4.69) is 5.32 Å². The molecule has 2 atom stereocenters. The normalized spacial score (nSPS) is 20.5. The number of hydrogen-bond acceptors (Lipinski definition) is 7. The quantitative estimate of drug-likeness (QED) is 0.200. The SMILES string of the molecule is CC(C)(C)OC(=O)N[C@@H]1C(=O)N2C(C(=O)OC(c3ccccc3)c3ccccc3)=C(/C=C3\CCN(c4ccccc4)C3=O)CS[C@H]12. The summed E-state index contributed by atoms with van der Waals surface area (Å²) in [5.74, 6) is -0.964. The van der Waals surface area contributed by atoms with Gasteiger partial charge in [0.05, 0.1) is 0 Å². The fourth-order valence-corrected chi connectivity index (χ4v) is 7.04. The van der Waals surface area contributed by atoms with E-state index < -0.39 is 41.1 Å². The molecule has 3 aromatic carbocycles. The van der Waals surface area contributed by atoms with Crippen molar-refractivity contribution in [1.82, 2.24) is 10.2 Å². The van der Waals surface area contributed by atoms with E-state index in [1.807, 2.05) is 91.0 Å². The molecule has 9 nitrogen and oxygen atoms in total. The lowest BCUT2D eigenvalue weighted by molar-refractivity contribution is -0.153. The second-order valence-electron chi connectivity index (χ2n) is 12.2. The van der Waals surface area contributed by atoms with Crippen LogP contribution >= 0.6 is 11.8 Å². The van der Waals surface area contributed by atoms with Crippen LogP contribution in [-0.4, -0.2) is 58.1 Å². The van der Waals surface area contributed by atoms with Gasteiger partial charge in [0.25, 0.3) is 11.8 Å². The van der Waals surface area contributed by atoms with E-state index in [1.165, 1.54) is 16.7 Å². The van der Waals surface area contributed by atoms with Gasteiger partial charge in [-0.3, -0.25) is 14.5 Å². The summed E-state index contributed by atoms with van der Waals surface area (Å²) in [6, 6.07) is 27.3. The molecule has 1 N–H and O–H groups in total. The van der Waals surface area contributed by atoms with Crippen molar-refractivity contribution in [3.8, 4) is 0 Å². The van der Waals surface area contributed by atoms with Gasteiger partial charge in [-0.05, 0) is 62.1 Å². The number of rotatable bonds is 7. The number of anilines is 1. The van der Waals surface area contributed by atoms with Gasteiger partial charge in [0.2, 0.25) is 0 Å². The summed E-state index contributed by atoms with van der Waals surface area (Å²) >= 11 is 1.41. The molecule has 0 aliphatic carbocycles. The maximum Gasteiger partial charge on any atom is 0.408 e. The van der Waals surface area contributed by atoms with Crippen LogP contribution in [0.4, 0.5) is 10.5 Å². The Kier molecular flexibility index (Phi) is 8.73. The molecule has 3 aliphatic heterocycles. The third-order valence-corrected chi connectivity index (χ3v) is 9.14. The van der Waals surface area contributed by atoms with Crippen LogP contribution in [0.3, 0.4) is 0 Å². The highest BCUT2D eigenvalue weighted by Crippen LogP contribution is 2.43. The number of para-hydroxylation sites is 1. The minimum atomic E-state index is -0.877. The Labute approximate surface area is 272 Å². The maximum atomic E-state index is 14.2. The number of benzene rings is 3. The average Bonchev–Trinajstić information content (AvgIpc) is 3.41. The zero-order chi connectivity index (χ0) is 32.4. The summed E-state index contributed by atoms with van der Waals surface area (Å²) in [7, 11) is 0. The molecule has 10 heteroatoms. The van der Waals surface area contributed by atoms with Gasteiger partial charge in [-0.15, -0.1) is 11.8 Å². The van der Waals surface area contributed by atoms with Gasteiger partial charge in [-0.25, -0.2) is 9.59 Å². The molecule has 2 fully saturated rings. The monoisotopic (exact) mass is 637 g/mol. The number of allylic oxidation sites excluding steroid dienone is 1. The van der Waals surface area contributed by atoms with Crippen LogP contribution in [0.1, 0.15) is 44.4 Å². The Hall–Kier alpha value is -4.83. The highest BCUT2D eigenvalue weighted by molar-refractivity contribution is 8.00. The number of amides is 3. The third kappa shape index (κ3) is 6.44. The van der Waals surface area contributed by atoms with Crippen molar-refractivity contribution in [1.29, 1.82) is 0 Å². The first kappa shape index (κ1) is 31.2. The molecule has 236 valence electrons. The lowest BCUT2D eigenvalue weighted by atomic mass is 10.00. The fourth-order valence-electron chi connectivity index (χ4n) is 5.74. The molecule has 6 rings (SSSR count). The van der Waals surface area contributed by atoms with Crippen molar-refractivity contribution < 1.29 is 28.7 Å². The predicted octanol–water partition coefficient (Wildman–Crippen LogP) is 5.75. The summed E-state index contributed by atoms with van der Waals surface area (Å²) in [6.07, 6.45) is 0.768. The predicted molar refractivity (Wildman–Crippen MR) is 176 cm³/mol. The minimum Gasteiger partial charge on any atom is -0.448 e. The maximum absolute atomic E-state index is 14.2. The molecule has 3 aliphatic rings. The van der Waals surface area contributed by atoms with Gasteiger partial charge in [0.1, 0.15) is 22.7 Å². The molecule has 0 radical (unpaired) electrons. The van der Waals surface area contributed by atoms with Crippen LogP contribution in [0.25, 0.3) is 0 Å². The van der Waals surface area contributed by atoms with Gasteiger partial charge in [-0.1, -0.05) is 78.9 Å². The Morgan fingerprint density at radius 1 is 0.913 bits per heavy atom. The number of fused-ring (bicyclic) bond motifs is 1. The van der Waals surface area contributed by atoms with Crippen LogP contribution in [0.2, 0.25) is 0 Å². The van der Waals surface area contributed by atoms with Gasteiger partial charge in [0, 0.05) is 23.6 Å². The van der Waals surface area contributed by atoms with Crippen LogP contribution in [-0.2, 0) is 23.9 Å². The number of esters is 1. The molecule has 0 unspecified atom stereocenters. The highest BCUT2D eigenvalue weighted by atomic mass is 32.2. The molecule has 0 bridgehead atoms. The number of alkyl carbamates (subject to hydrolysis) is 1. The van der Waals surface area contributed by atoms with Crippen LogP contribution < -0.4 is 10.2 Å². The number of nitrogens with zero attached hydrogens (tertiary/aromatic N) is 2. The molecule has 2 saturated heterocycles. The summed E-state index contributed by atoms with van der Waals surface area (Å²) < 4.78 is 11.6. The standard InChI is InChI=1S/C36H35N3O6S/c1-36(2,3)45-35(43)37-28-32(41)39-29(34(42)44-30(23-13-7-4-8-14-23)24-15-9-5-10-16-24)26(22-46-33(28)39)21-25-19-20-38(31(25)40)27-17-11-6-12-18-27/h4-18,21,28,30,33H,19-20,22H2,1-3H3,(H,37,43)/b25-21+/t28-,33-/m1/s1. The molecular formula is C36H35N3O6S. The van der Waals surface area contributed by atoms with E-state index in [0.717, 1.165) is 16.8 Å². The lowest BCUT2D eigenvalue weighted by Crippen LogP contribution is -2.70. The van der Waals surface area contributed by atoms with Crippen LogP contribution in [0, 0.1) is 0 Å². The average molecular weight is 638 g/mol. The molecule has 3 amide bonds. The molecule has 0 saturated carbocycles. The summed E-state index contributed by atoms with van der Waals surface area (Å²) in [5, 5.41) is 2.12. The minimum absolute atomic E-state index is 0.0753. The fraction of sp³-hybridized carbons (Fsp3) is 0.278. The first-order valence-corrected chi connectivity index (χ1v) is 16.2. The van der Waals surface area contributed by atoms with Crippen molar-refractivity contribution in [3.05, 3.63) is 125 Å². The van der Waals surface area contributed by atoms with Crippen molar-refractivity contribution in [2.24, 2.45) is 0 Å². The number of hydrogen-bond donors (Lipinski definition) is 1. The Morgan fingerprint density at radius 3 is 2.09 bits per heavy atom. The summed E-state index contributed by atoms with van der Waals surface area (Å²) in [6.45, 7) is 5.73. The van der Waals surface area contributed by atoms with Crippen molar-refractivity contribution in [2.75, 3.05) is 17.2 Å². The van der Waals surface area contributed by atoms with E-state index in [4.69, 9.17) is 9.47 Å². The Morgan fingerprint density at radius 2 is 1.50 bits per heavy atom. The topological polar surface area (TPSA) is 105 Å². The largest absolute Gasteiger partial charge is 0.448 e. The van der Waals surface area contributed by atoms with Gasteiger partial charge >= 0.3 is 12.1 Å². The van der Waals surface area contributed by atoms with Gasteiger partial charge < -0.3 is 19.7 Å². The second-order valence-corrected chi connectivity index (χ2v) is 13.3. The van der Waals surface area contributed by atoms with Crippen molar-refractivity contribution in [3.63, 3.8) is 0 Å². The number of ether oxygens (including phenoxy) is 2.